The van der Waals surface area contributed by atoms with Crippen LogP contribution in [-0.2, 0) is 21.3 Å². The molecule has 26 heavy (non-hydrogen) atoms. The lowest BCUT2D eigenvalue weighted by Crippen LogP contribution is -2.27. The molecule has 0 unspecified atom stereocenters. The summed E-state index contributed by atoms with van der Waals surface area (Å²) in [7, 11) is -0.990. The fraction of sp³-hybridized carbons (Fsp3) is 0.316. The highest BCUT2D eigenvalue weighted by Crippen LogP contribution is 2.28. The Labute approximate surface area is 154 Å². The van der Waals surface area contributed by atoms with Gasteiger partial charge in [0.25, 0.3) is 0 Å². The molecule has 0 atom stereocenters. The first-order valence-electron chi connectivity index (χ1n) is 8.15. The van der Waals surface area contributed by atoms with Crippen LogP contribution in [0, 0.1) is 0 Å². The van der Waals surface area contributed by atoms with Crippen molar-refractivity contribution in [2.75, 3.05) is 14.2 Å². The molecule has 0 aliphatic heterocycles. The predicted octanol–water partition coefficient (Wildman–Crippen LogP) is 3.08. The van der Waals surface area contributed by atoms with Crippen molar-refractivity contribution in [2.24, 2.45) is 0 Å². The van der Waals surface area contributed by atoms with Gasteiger partial charge in [-0.05, 0) is 37.6 Å². The number of nitrogens with zero attached hydrogens (tertiary/aromatic N) is 1. The highest BCUT2D eigenvalue weighted by molar-refractivity contribution is 7.89. The van der Waals surface area contributed by atoms with Gasteiger partial charge in [-0.1, -0.05) is 30.3 Å². The minimum atomic E-state index is -3.86. The van der Waals surface area contributed by atoms with Crippen molar-refractivity contribution in [3.05, 3.63) is 59.7 Å². The number of sulfonamides is 1. The maximum atomic E-state index is 13.0. The van der Waals surface area contributed by atoms with Gasteiger partial charge in [-0.2, -0.15) is 4.31 Å². The topological polar surface area (TPSA) is 72.9 Å². The van der Waals surface area contributed by atoms with E-state index in [0.29, 0.717) is 0 Å². The third-order valence-corrected chi connectivity index (χ3v) is 5.50. The van der Waals surface area contributed by atoms with E-state index in [9.17, 15) is 13.2 Å². The first-order valence-corrected chi connectivity index (χ1v) is 9.59. The van der Waals surface area contributed by atoms with E-state index in [1.165, 1.54) is 36.7 Å². The van der Waals surface area contributed by atoms with Crippen LogP contribution in [0.15, 0.2) is 53.4 Å². The second-order valence-corrected chi connectivity index (χ2v) is 8.08. The van der Waals surface area contributed by atoms with E-state index in [4.69, 9.17) is 9.47 Å². The number of carbonyl (C=O) groups excluding carboxylic acids is 1. The summed E-state index contributed by atoms with van der Waals surface area (Å²) in [6, 6.07) is 13.5. The lowest BCUT2D eigenvalue weighted by atomic mass is 10.2. The Morgan fingerprint density at radius 3 is 2.35 bits per heavy atom. The van der Waals surface area contributed by atoms with Crippen LogP contribution in [0.5, 0.6) is 5.75 Å². The average molecular weight is 377 g/mol. The summed E-state index contributed by atoms with van der Waals surface area (Å²) in [6.45, 7) is 3.66. The van der Waals surface area contributed by atoms with E-state index in [1.54, 1.807) is 13.8 Å². The van der Waals surface area contributed by atoms with E-state index in [1.807, 2.05) is 30.3 Å². The van der Waals surface area contributed by atoms with Gasteiger partial charge < -0.3 is 9.47 Å². The van der Waals surface area contributed by atoms with Crippen LogP contribution in [0.1, 0.15) is 29.8 Å². The summed E-state index contributed by atoms with van der Waals surface area (Å²) >= 11 is 0. The number of rotatable bonds is 7. The molecule has 140 valence electrons. The third kappa shape index (κ3) is 4.62. The molecule has 0 spiro atoms. The Morgan fingerprint density at radius 1 is 1.12 bits per heavy atom. The van der Waals surface area contributed by atoms with Crippen molar-refractivity contribution in [3.63, 3.8) is 0 Å². The Balaban J connectivity index is 2.38. The number of carbonyl (C=O) groups is 1. The second-order valence-electron chi connectivity index (χ2n) is 6.07. The summed E-state index contributed by atoms with van der Waals surface area (Å²) in [5, 5.41) is 0. The predicted molar refractivity (Wildman–Crippen MR) is 98.6 cm³/mol. The molecule has 2 aromatic rings. The Hall–Kier alpha value is -2.38. The molecule has 0 radical (unpaired) electrons. The number of benzene rings is 2. The van der Waals surface area contributed by atoms with Crippen molar-refractivity contribution in [2.45, 2.75) is 31.4 Å². The van der Waals surface area contributed by atoms with Crippen LogP contribution >= 0.6 is 0 Å². The molecular weight excluding hydrogens is 354 g/mol. The van der Waals surface area contributed by atoms with Crippen molar-refractivity contribution in [1.82, 2.24) is 4.31 Å². The molecule has 2 aromatic carbocycles. The van der Waals surface area contributed by atoms with E-state index in [0.717, 1.165) is 5.56 Å². The third-order valence-electron chi connectivity index (χ3n) is 3.68. The van der Waals surface area contributed by atoms with Gasteiger partial charge in [0.2, 0.25) is 10.0 Å². The molecule has 0 saturated heterocycles. The summed E-state index contributed by atoms with van der Waals surface area (Å²) in [5.41, 5.74) is 1.01. The van der Waals surface area contributed by atoms with Crippen LogP contribution in [0.2, 0.25) is 0 Å². The standard InChI is InChI=1S/C19H23NO5S/c1-14(2)25-19(21)16-10-11-17(24-4)18(12-16)26(22,23)20(3)13-15-8-6-5-7-9-15/h5-12,14H,13H2,1-4H3. The maximum absolute atomic E-state index is 13.0. The highest BCUT2D eigenvalue weighted by atomic mass is 32.2. The Bertz CT molecular complexity index is 863. The molecule has 2 rings (SSSR count). The Kier molecular flexibility index (Phi) is 6.39. The van der Waals surface area contributed by atoms with E-state index in [2.05, 4.69) is 0 Å². The van der Waals surface area contributed by atoms with E-state index in [-0.39, 0.29) is 28.9 Å². The Morgan fingerprint density at radius 2 is 1.77 bits per heavy atom. The average Bonchev–Trinajstić information content (AvgIpc) is 2.61. The molecule has 0 saturated carbocycles. The van der Waals surface area contributed by atoms with Gasteiger partial charge in [0.15, 0.2) is 0 Å². The zero-order chi connectivity index (χ0) is 19.3. The van der Waals surface area contributed by atoms with Crippen LogP contribution in [0.4, 0.5) is 0 Å². The van der Waals surface area contributed by atoms with Gasteiger partial charge in [-0.25, -0.2) is 13.2 Å². The minimum Gasteiger partial charge on any atom is -0.495 e. The smallest absolute Gasteiger partial charge is 0.338 e. The SMILES string of the molecule is COc1ccc(C(=O)OC(C)C)cc1S(=O)(=O)N(C)Cc1ccccc1. The van der Waals surface area contributed by atoms with Gasteiger partial charge >= 0.3 is 5.97 Å². The summed E-state index contributed by atoms with van der Waals surface area (Å²) in [5.74, 6) is -0.407. The van der Waals surface area contributed by atoms with Crippen molar-refractivity contribution >= 4 is 16.0 Å². The fourth-order valence-electron chi connectivity index (χ4n) is 2.38. The van der Waals surface area contributed by atoms with Gasteiger partial charge in [0, 0.05) is 13.6 Å². The van der Waals surface area contributed by atoms with Crippen molar-refractivity contribution in [1.29, 1.82) is 0 Å². The molecule has 0 aliphatic rings. The van der Waals surface area contributed by atoms with Gasteiger partial charge in [-0.15, -0.1) is 0 Å². The molecule has 0 heterocycles. The number of methoxy groups -OCH3 is 1. The normalized spacial score (nSPS) is 11.6. The lowest BCUT2D eigenvalue weighted by Gasteiger charge is -2.19. The molecule has 0 fully saturated rings. The molecule has 0 N–H and O–H groups in total. The fourth-order valence-corrected chi connectivity index (χ4v) is 3.72. The molecule has 0 aromatic heterocycles. The van der Waals surface area contributed by atoms with Gasteiger partial charge in [0.1, 0.15) is 10.6 Å². The number of hydrogen-bond acceptors (Lipinski definition) is 5. The number of hydrogen-bond donors (Lipinski definition) is 0. The molecule has 0 aliphatic carbocycles. The quantitative estimate of drug-likeness (QED) is 0.694. The lowest BCUT2D eigenvalue weighted by molar-refractivity contribution is 0.0377. The van der Waals surface area contributed by atoms with Gasteiger partial charge in [0.05, 0.1) is 18.8 Å². The zero-order valence-corrected chi connectivity index (χ0v) is 16.1. The maximum Gasteiger partial charge on any atom is 0.338 e. The number of esters is 1. The van der Waals surface area contributed by atoms with E-state index >= 15 is 0 Å². The van der Waals surface area contributed by atoms with Crippen molar-refractivity contribution in [3.8, 4) is 5.75 Å². The second kappa shape index (κ2) is 8.33. The summed E-state index contributed by atoms with van der Waals surface area (Å²) < 4.78 is 37.6. The summed E-state index contributed by atoms with van der Waals surface area (Å²) in [4.78, 5) is 12.1. The molecule has 0 amide bonds. The molecule has 6 nitrogen and oxygen atoms in total. The first kappa shape index (κ1) is 19.9. The molecule has 0 bridgehead atoms. The van der Waals surface area contributed by atoms with Crippen LogP contribution in [-0.4, -0.2) is 39.0 Å². The largest absolute Gasteiger partial charge is 0.495 e. The van der Waals surface area contributed by atoms with Crippen LogP contribution < -0.4 is 4.74 Å². The minimum absolute atomic E-state index is 0.0726. The summed E-state index contributed by atoms with van der Waals surface area (Å²) in [6.07, 6.45) is -0.301. The monoisotopic (exact) mass is 377 g/mol. The number of ether oxygens (including phenoxy) is 2. The molecule has 7 heteroatoms. The van der Waals surface area contributed by atoms with Crippen LogP contribution in [0.3, 0.4) is 0 Å². The molecular formula is C19H23NO5S. The zero-order valence-electron chi connectivity index (χ0n) is 15.3. The highest BCUT2D eigenvalue weighted by Gasteiger charge is 2.26. The van der Waals surface area contributed by atoms with Crippen LogP contribution in [0.25, 0.3) is 0 Å². The van der Waals surface area contributed by atoms with E-state index < -0.39 is 16.0 Å². The van der Waals surface area contributed by atoms with Crippen molar-refractivity contribution < 1.29 is 22.7 Å². The first-order chi connectivity index (χ1) is 12.3. The van der Waals surface area contributed by atoms with Gasteiger partial charge in [-0.3, -0.25) is 0 Å².